The van der Waals surface area contributed by atoms with Crippen molar-refractivity contribution in [1.82, 2.24) is 25.6 Å². The van der Waals surface area contributed by atoms with Gasteiger partial charge in [-0.05, 0) is 30.5 Å². The Morgan fingerprint density at radius 3 is 2.12 bits per heavy atom. The van der Waals surface area contributed by atoms with Crippen molar-refractivity contribution < 1.29 is 23.8 Å². The van der Waals surface area contributed by atoms with Crippen molar-refractivity contribution in [2.45, 2.75) is 38.3 Å². The minimum Gasteiger partial charge on any atom is -0.497 e. The molecule has 0 saturated carbocycles. The summed E-state index contributed by atoms with van der Waals surface area (Å²) in [6.45, 7) is 2.69. The van der Waals surface area contributed by atoms with Gasteiger partial charge < -0.3 is 29.7 Å². The van der Waals surface area contributed by atoms with Crippen LogP contribution in [0.2, 0.25) is 0 Å². The third kappa shape index (κ3) is 6.67. The second-order valence-electron chi connectivity index (χ2n) is 7.68. The van der Waals surface area contributed by atoms with E-state index in [1.807, 2.05) is 29.2 Å². The smallest absolute Gasteiger partial charge is 0.324 e. The summed E-state index contributed by atoms with van der Waals surface area (Å²) >= 11 is 0. The van der Waals surface area contributed by atoms with Crippen molar-refractivity contribution in [2.75, 3.05) is 39.3 Å². The van der Waals surface area contributed by atoms with Crippen molar-refractivity contribution in [1.29, 1.82) is 0 Å². The molecule has 3 rings (SSSR count). The molecule has 1 saturated heterocycles. The summed E-state index contributed by atoms with van der Waals surface area (Å²) in [5, 5.41) is 5.84. The Morgan fingerprint density at radius 2 is 1.61 bits per heavy atom. The van der Waals surface area contributed by atoms with Gasteiger partial charge >= 0.3 is 12.0 Å². The molecule has 2 N–H and O–H groups in total. The molecule has 1 aliphatic heterocycles. The van der Waals surface area contributed by atoms with Gasteiger partial charge in [0.25, 0.3) is 0 Å². The number of methoxy groups -OCH3 is 3. The molecular weight excluding hydrogens is 428 g/mol. The first-order valence-electron chi connectivity index (χ1n) is 10.7. The number of nitrogens with one attached hydrogen (secondary N) is 2. The van der Waals surface area contributed by atoms with Gasteiger partial charge in [0.15, 0.2) is 0 Å². The predicted molar refractivity (Wildman–Crippen MR) is 121 cm³/mol. The summed E-state index contributed by atoms with van der Waals surface area (Å²) in [6, 6.07) is 7.12. The SMILES string of the molecule is COc1ccc(C[C@H](NC(C)=O)C(=O)NC2CCN(c3nc(OC)nc(OC)n3)CC2)cc1. The number of amides is 2. The quantitative estimate of drug-likeness (QED) is 0.559. The highest BCUT2D eigenvalue weighted by atomic mass is 16.5. The number of piperidine rings is 1. The zero-order valence-corrected chi connectivity index (χ0v) is 19.3. The van der Waals surface area contributed by atoms with Gasteiger partial charge in [-0.25, -0.2) is 0 Å². The second kappa shape index (κ2) is 11.3. The number of hydrogen-bond acceptors (Lipinski definition) is 9. The second-order valence-corrected chi connectivity index (χ2v) is 7.68. The molecule has 1 aromatic heterocycles. The van der Waals surface area contributed by atoms with E-state index in [4.69, 9.17) is 14.2 Å². The van der Waals surface area contributed by atoms with Crippen molar-refractivity contribution in [2.24, 2.45) is 0 Å². The molecule has 1 atom stereocenters. The Bertz CT molecular complexity index is 925. The molecule has 1 fully saturated rings. The lowest BCUT2D eigenvalue weighted by atomic mass is 10.0. The Kier molecular flexibility index (Phi) is 8.22. The van der Waals surface area contributed by atoms with Crippen LogP contribution in [0, 0.1) is 0 Å². The lowest BCUT2D eigenvalue weighted by Gasteiger charge is -2.33. The fourth-order valence-electron chi connectivity index (χ4n) is 3.63. The van der Waals surface area contributed by atoms with Gasteiger partial charge in [0, 0.05) is 32.5 Å². The Labute approximate surface area is 192 Å². The molecule has 11 heteroatoms. The van der Waals surface area contributed by atoms with E-state index in [0.717, 1.165) is 11.3 Å². The van der Waals surface area contributed by atoms with Crippen LogP contribution >= 0.6 is 0 Å². The number of carbonyl (C=O) groups is 2. The van der Waals surface area contributed by atoms with E-state index < -0.39 is 6.04 Å². The molecule has 33 heavy (non-hydrogen) atoms. The number of ether oxygens (including phenoxy) is 3. The summed E-state index contributed by atoms with van der Waals surface area (Å²) in [4.78, 5) is 39.2. The van der Waals surface area contributed by atoms with Gasteiger partial charge in [-0.1, -0.05) is 12.1 Å². The highest BCUT2D eigenvalue weighted by Gasteiger charge is 2.27. The molecule has 0 aliphatic carbocycles. The first-order valence-corrected chi connectivity index (χ1v) is 10.7. The summed E-state index contributed by atoms with van der Waals surface area (Å²) in [5.41, 5.74) is 0.928. The lowest BCUT2D eigenvalue weighted by Crippen LogP contribution is -2.52. The average Bonchev–Trinajstić information content (AvgIpc) is 2.83. The zero-order chi connectivity index (χ0) is 23.8. The van der Waals surface area contributed by atoms with E-state index in [0.29, 0.717) is 38.3 Å². The number of aromatic nitrogens is 3. The van der Waals surface area contributed by atoms with E-state index in [2.05, 4.69) is 25.6 Å². The van der Waals surface area contributed by atoms with Crippen LogP contribution in [0.1, 0.15) is 25.3 Å². The number of rotatable bonds is 9. The third-order valence-corrected chi connectivity index (χ3v) is 5.36. The maximum absolute atomic E-state index is 13.0. The molecule has 2 aromatic rings. The number of carbonyl (C=O) groups excluding carboxylic acids is 2. The van der Waals surface area contributed by atoms with Crippen molar-refractivity contribution >= 4 is 17.8 Å². The molecule has 11 nitrogen and oxygen atoms in total. The Balaban J connectivity index is 1.59. The molecule has 178 valence electrons. The van der Waals surface area contributed by atoms with Crippen LogP contribution in [-0.2, 0) is 16.0 Å². The fourth-order valence-corrected chi connectivity index (χ4v) is 3.63. The van der Waals surface area contributed by atoms with Crippen LogP contribution < -0.4 is 29.7 Å². The topological polar surface area (TPSA) is 128 Å². The maximum Gasteiger partial charge on any atom is 0.324 e. The minimum absolute atomic E-state index is 0.0218. The molecule has 0 unspecified atom stereocenters. The monoisotopic (exact) mass is 458 g/mol. The van der Waals surface area contributed by atoms with Crippen molar-refractivity contribution in [3.63, 3.8) is 0 Å². The summed E-state index contributed by atoms with van der Waals surface area (Å²) in [5.74, 6) is 0.748. The predicted octanol–water partition coefficient (Wildman–Crippen LogP) is 0.730. The van der Waals surface area contributed by atoms with Crippen LogP contribution in [0.5, 0.6) is 17.8 Å². The van der Waals surface area contributed by atoms with Gasteiger partial charge in [0.1, 0.15) is 11.8 Å². The first-order chi connectivity index (χ1) is 15.9. The molecule has 0 radical (unpaired) electrons. The third-order valence-electron chi connectivity index (χ3n) is 5.36. The van der Waals surface area contributed by atoms with Crippen LogP contribution in [0.3, 0.4) is 0 Å². The highest BCUT2D eigenvalue weighted by molar-refractivity contribution is 5.87. The van der Waals surface area contributed by atoms with Gasteiger partial charge in [-0.2, -0.15) is 9.97 Å². The van der Waals surface area contributed by atoms with E-state index in [1.54, 1.807) is 7.11 Å². The highest BCUT2D eigenvalue weighted by Crippen LogP contribution is 2.20. The largest absolute Gasteiger partial charge is 0.497 e. The van der Waals surface area contributed by atoms with E-state index in [-0.39, 0.29) is 29.9 Å². The van der Waals surface area contributed by atoms with E-state index in [9.17, 15) is 9.59 Å². The Hall–Kier alpha value is -3.63. The van der Waals surface area contributed by atoms with Crippen molar-refractivity contribution in [3.05, 3.63) is 29.8 Å². The summed E-state index contributed by atoms with van der Waals surface area (Å²) in [7, 11) is 4.57. The van der Waals surface area contributed by atoms with Gasteiger partial charge in [0.05, 0.1) is 21.3 Å². The van der Waals surface area contributed by atoms with Gasteiger partial charge in [-0.3, -0.25) is 9.59 Å². The normalized spacial score (nSPS) is 14.8. The standard InChI is InChI=1S/C22H30N6O5/c1-14(29)23-18(13-15-5-7-17(31-2)8-6-15)19(30)24-16-9-11-28(12-10-16)20-25-21(32-3)27-22(26-20)33-4/h5-8,16,18H,9-13H2,1-4H3,(H,23,29)(H,24,30)/t18-/m0/s1. The zero-order valence-electron chi connectivity index (χ0n) is 19.3. The molecular formula is C22H30N6O5. The molecule has 2 heterocycles. The first kappa shape index (κ1) is 24.0. The van der Waals surface area contributed by atoms with Crippen LogP contribution in [0.25, 0.3) is 0 Å². The summed E-state index contributed by atoms with van der Waals surface area (Å²) in [6.07, 6.45) is 1.80. The maximum atomic E-state index is 13.0. The van der Waals surface area contributed by atoms with E-state index >= 15 is 0 Å². The number of nitrogens with zero attached hydrogens (tertiary/aromatic N) is 4. The molecule has 1 aliphatic rings. The average molecular weight is 459 g/mol. The summed E-state index contributed by atoms with van der Waals surface area (Å²) < 4.78 is 15.4. The van der Waals surface area contributed by atoms with Crippen molar-refractivity contribution in [3.8, 4) is 17.8 Å². The Morgan fingerprint density at radius 1 is 1.00 bits per heavy atom. The number of anilines is 1. The number of benzene rings is 1. The van der Waals surface area contributed by atoms with Gasteiger partial charge in [0.2, 0.25) is 17.8 Å². The van der Waals surface area contributed by atoms with Crippen LogP contribution in [0.4, 0.5) is 5.95 Å². The van der Waals surface area contributed by atoms with Crippen LogP contribution in [-0.4, -0.2) is 73.3 Å². The molecule has 2 amide bonds. The van der Waals surface area contributed by atoms with E-state index in [1.165, 1.54) is 21.1 Å². The lowest BCUT2D eigenvalue weighted by molar-refractivity contribution is -0.128. The van der Waals surface area contributed by atoms with Gasteiger partial charge in [-0.15, -0.1) is 4.98 Å². The molecule has 0 spiro atoms. The van der Waals surface area contributed by atoms with Crippen LogP contribution in [0.15, 0.2) is 24.3 Å². The molecule has 0 bridgehead atoms. The fraction of sp³-hybridized carbons (Fsp3) is 0.500. The number of hydrogen-bond donors (Lipinski definition) is 2. The minimum atomic E-state index is -0.661. The molecule has 1 aromatic carbocycles.